The normalized spacial score (nSPS) is 26.1. The van der Waals surface area contributed by atoms with Gasteiger partial charge >= 0.3 is 5.97 Å². The summed E-state index contributed by atoms with van der Waals surface area (Å²) in [6, 6.07) is 0.0182. The molecule has 2 heterocycles. The number of likely N-dealkylation sites (tertiary alicyclic amines) is 1. The van der Waals surface area contributed by atoms with Crippen LogP contribution in [0.4, 0.5) is 0 Å². The van der Waals surface area contributed by atoms with Crippen LogP contribution >= 0.6 is 0 Å². The number of aliphatic carboxylic acids is 1. The molecule has 0 spiro atoms. The number of carbonyl (C=O) groups is 1. The van der Waals surface area contributed by atoms with Crippen molar-refractivity contribution in [2.24, 2.45) is 5.92 Å². The molecule has 16 heavy (non-hydrogen) atoms. The molecular weight excluding hydrogens is 210 g/mol. The molecule has 0 amide bonds. The zero-order valence-electron chi connectivity index (χ0n) is 9.38. The third-order valence-electron chi connectivity index (χ3n) is 3.11. The van der Waals surface area contributed by atoms with Gasteiger partial charge in [-0.2, -0.15) is 0 Å². The summed E-state index contributed by atoms with van der Waals surface area (Å²) < 4.78 is 5.28. The number of nitrogens with zero attached hydrogens (tertiary/aromatic N) is 3. The van der Waals surface area contributed by atoms with Crippen LogP contribution < -0.4 is 0 Å². The molecule has 0 radical (unpaired) electrons. The van der Waals surface area contributed by atoms with Crippen LogP contribution in [0.15, 0.2) is 4.42 Å². The van der Waals surface area contributed by atoms with Crippen LogP contribution in [0.5, 0.6) is 0 Å². The van der Waals surface area contributed by atoms with Gasteiger partial charge in [0.05, 0.1) is 12.5 Å². The Labute approximate surface area is 93.3 Å². The van der Waals surface area contributed by atoms with E-state index in [-0.39, 0.29) is 12.0 Å². The molecule has 0 aromatic carbocycles. The third-order valence-corrected chi connectivity index (χ3v) is 3.11. The Balaban J connectivity index is 2.00. The number of carboxylic acids is 1. The predicted molar refractivity (Wildman–Crippen MR) is 54.6 cm³/mol. The summed E-state index contributed by atoms with van der Waals surface area (Å²) in [6.45, 7) is 4.96. The first-order valence-electron chi connectivity index (χ1n) is 5.34. The largest absolute Gasteiger partial charge is 0.481 e. The Hall–Kier alpha value is -1.43. The highest BCUT2D eigenvalue weighted by Crippen LogP contribution is 2.25. The van der Waals surface area contributed by atoms with E-state index in [1.165, 1.54) is 0 Å². The van der Waals surface area contributed by atoms with Gasteiger partial charge in [-0.05, 0) is 19.9 Å². The highest BCUT2D eigenvalue weighted by atomic mass is 16.4. The lowest BCUT2D eigenvalue weighted by molar-refractivity contribution is -0.142. The second-order valence-electron chi connectivity index (χ2n) is 4.16. The molecule has 2 unspecified atom stereocenters. The van der Waals surface area contributed by atoms with E-state index in [2.05, 4.69) is 15.1 Å². The fourth-order valence-corrected chi connectivity index (χ4v) is 2.13. The van der Waals surface area contributed by atoms with Gasteiger partial charge in [0.1, 0.15) is 0 Å². The molecule has 0 bridgehead atoms. The predicted octanol–water partition coefficient (Wildman–Crippen LogP) is 0.673. The van der Waals surface area contributed by atoms with Gasteiger partial charge in [0.15, 0.2) is 0 Å². The number of carboxylic acid groups (broad SMARTS) is 1. The molecule has 6 nitrogen and oxygen atoms in total. The minimum absolute atomic E-state index is 0.0182. The van der Waals surface area contributed by atoms with Crippen molar-refractivity contribution in [3.63, 3.8) is 0 Å². The molecule has 1 fully saturated rings. The molecule has 0 saturated carbocycles. The first-order valence-corrected chi connectivity index (χ1v) is 5.34. The summed E-state index contributed by atoms with van der Waals surface area (Å²) in [6.07, 6.45) is 0.684. The van der Waals surface area contributed by atoms with Gasteiger partial charge in [0.2, 0.25) is 11.8 Å². The van der Waals surface area contributed by atoms with Gasteiger partial charge in [0.25, 0.3) is 0 Å². The lowest BCUT2D eigenvalue weighted by Gasteiger charge is -2.20. The van der Waals surface area contributed by atoms with E-state index >= 15 is 0 Å². The van der Waals surface area contributed by atoms with Gasteiger partial charge < -0.3 is 9.52 Å². The second-order valence-corrected chi connectivity index (χ2v) is 4.16. The van der Waals surface area contributed by atoms with E-state index in [0.29, 0.717) is 24.7 Å². The summed E-state index contributed by atoms with van der Waals surface area (Å²) in [7, 11) is 0. The maximum Gasteiger partial charge on any atom is 0.308 e. The maximum atomic E-state index is 10.9. The monoisotopic (exact) mass is 225 g/mol. The molecule has 2 rings (SSSR count). The number of hydrogen-bond acceptors (Lipinski definition) is 5. The Kier molecular flexibility index (Phi) is 2.91. The summed E-state index contributed by atoms with van der Waals surface area (Å²) in [4.78, 5) is 13.0. The first-order chi connectivity index (χ1) is 7.58. The SMILES string of the molecule is Cc1nnc(CN2CCC(C(=O)O)C2C)o1. The molecule has 1 aromatic rings. The molecule has 1 aromatic heterocycles. The van der Waals surface area contributed by atoms with E-state index in [1.807, 2.05) is 6.92 Å². The van der Waals surface area contributed by atoms with Crippen molar-refractivity contribution < 1.29 is 14.3 Å². The van der Waals surface area contributed by atoms with Crippen molar-refractivity contribution in [3.05, 3.63) is 11.8 Å². The minimum atomic E-state index is -0.725. The van der Waals surface area contributed by atoms with Crippen LogP contribution in [0, 0.1) is 12.8 Å². The quantitative estimate of drug-likeness (QED) is 0.814. The van der Waals surface area contributed by atoms with Gasteiger partial charge in [-0.15, -0.1) is 10.2 Å². The zero-order chi connectivity index (χ0) is 11.7. The van der Waals surface area contributed by atoms with Crippen LogP contribution in [0.1, 0.15) is 25.1 Å². The van der Waals surface area contributed by atoms with Crippen molar-refractivity contribution in [1.82, 2.24) is 15.1 Å². The van der Waals surface area contributed by atoms with Gasteiger partial charge in [-0.3, -0.25) is 9.69 Å². The average Bonchev–Trinajstić information content (AvgIpc) is 2.76. The molecule has 1 saturated heterocycles. The van der Waals surface area contributed by atoms with E-state index in [1.54, 1.807) is 6.92 Å². The summed E-state index contributed by atoms with van der Waals surface area (Å²) in [5.41, 5.74) is 0. The molecule has 1 aliphatic rings. The standard InChI is InChI=1S/C10H15N3O3/c1-6-8(10(14)15)3-4-13(6)5-9-12-11-7(2)16-9/h6,8H,3-5H2,1-2H3,(H,14,15). The lowest BCUT2D eigenvalue weighted by atomic mass is 10.0. The second kappa shape index (κ2) is 4.21. The summed E-state index contributed by atoms with van der Waals surface area (Å²) in [5, 5.41) is 16.6. The van der Waals surface area contributed by atoms with Crippen LogP contribution in [0.25, 0.3) is 0 Å². The molecule has 2 atom stereocenters. The highest BCUT2D eigenvalue weighted by Gasteiger charge is 2.36. The van der Waals surface area contributed by atoms with Crippen LogP contribution in [0.2, 0.25) is 0 Å². The van der Waals surface area contributed by atoms with Crippen LogP contribution in [-0.2, 0) is 11.3 Å². The fraction of sp³-hybridized carbons (Fsp3) is 0.700. The fourth-order valence-electron chi connectivity index (χ4n) is 2.13. The Bertz CT molecular complexity index is 390. The van der Waals surface area contributed by atoms with Crippen molar-refractivity contribution in [2.45, 2.75) is 32.9 Å². The molecule has 0 aliphatic carbocycles. The van der Waals surface area contributed by atoms with Crippen LogP contribution in [-0.4, -0.2) is 38.8 Å². The van der Waals surface area contributed by atoms with E-state index in [4.69, 9.17) is 9.52 Å². The molecule has 1 N–H and O–H groups in total. The number of hydrogen-bond donors (Lipinski definition) is 1. The first kappa shape index (κ1) is 11.1. The van der Waals surface area contributed by atoms with Gasteiger partial charge in [0, 0.05) is 13.0 Å². The molecule has 6 heteroatoms. The molecule has 1 aliphatic heterocycles. The molecule has 88 valence electrons. The van der Waals surface area contributed by atoms with Crippen molar-refractivity contribution in [1.29, 1.82) is 0 Å². The van der Waals surface area contributed by atoms with Crippen molar-refractivity contribution in [2.75, 3.05) is 6.54 Å². The minimum Gasteiger partial charge on any atom is -0.481 e. The Morgan fingerprint density at radius 3 is 2.88 bits per heavy atom. The lowest BCUT2D eigenvalue weighted by Crippen LogP contribution is -2.32. The average molecular weight is 225 g/mol. The van der Waals surface area contributed by atoms with E-state index < -0.39 is 5.97 Å². The van der Waals surface area contributed by atoms with Crippen LogP contribution in [0.3, 0.4) is 0 Å². The summed E-state index contributed by atoms with van der Waals surface area (Å²) >= 11 is 0. The molecular formula is C10H15N3O3. The smallest absolute Gasteiger partial charge is 0.308 e. The van der Waals surface area contributed by atoms with Crippen molar-refractivity contribution >= 4 is 5.97 Å². The maximum absolute atomic E-state index is 10.9. The third kappa shape index (κ3) is 2.06. The van der Waals surface area contributed by atoms with Gasteiger partial charge in [-0.1, -0.05) is 0 Å². The van der Waals surface area contributed by atoms with Crippen molar-refractivity contribution in [3.8, 4) is 0 Å². The highest BCUT2D eigenvalue weighted by molar-refractivity contribution is 5.71. The number of aromatic nitrogens is 2. The zero-order valence-corrected chi connectivity index (χ0v) is 9.38. The van der Waals surface area contributed by atoms with Gasteiger partial charge in [-0.25, -0.2) is 0 Å². The number of rotatable bonds is 3. The Morgan fingerprint density at radius 1 is 1.62 bits per heavy atom. The topological polar surface area (TPSA) is 79.5 Å². The summed E-state index contributed by atoms with van der Waals surface area (Å²) in [5.74, 6) is 0.0766. The van der Waals surface area contributed by atoms with E-state index in [9.17, 15) is 4.79 Å². The van der Waals surface area contributed by atoms with E-state index in [0.717, 1.165) is 6.54 Å². The number of aryl methyl sites for hydroxylation is 1. The Morgan fingerprint density at radius 2 is 2.38 bits per heavy atom.